The Labute approximate surface area is 82.4 Å². The fourth-order valence-corrected chi connectivity index (χ4v) is 0.925. The second kappa shape index (κ2) is 5.01. The number of amides is 1. The van der Waals surface area contributed by atoms with Crippen molar-refractivity contribution in [1.29, 1.82) is 0 Å². The van der Waals surface area contributed by atoms with Crippen LogP contribution in [0.3, 0.4) is 0 Å². The molecular weight excluding hydrogens is 180 g/mol. The van der Waals surface area contributed by atoms with E-state index in [1.54, 1.807) is 6.92 Å². The molecule has 0 aliphatic carbocycles. The molecular formula is C10H12N2O2. The van der Waals surface area contributed by atoms with E-state index in [0.29, 0.717) is 5.71 Å². The van der Waals surface area contributed by atoms with Crippen LogP contribution in [-0.2, 0) is 9.63 Å². The zero-order valence-electron chi connectivity index (χ0n) is 7.93. The van der Waals surface area contributed by atoms with E-state index >= 15 is 0 Å². The molecule has 2 N–H and O–H groups in total. The standard InChI is InChI=1S/C10H12N2O2/c1-8(12-14-7-10(11)13)9-5-3-2-4-6-9/h2-6H,7H2,1H3,(H2,11,13)/b12-8+. The van der Waals surface area contributed by atoms with E-state index < -0.39 is 5.91 Å². The Bertz CT molecular complexity index is 333. The zero-order chi connectivity index (χ0) is 10.4. The Kier molecular flexibility index (Phi) is 3.67. The smallest absolute Gasteiger partial charge is 0.258 e. The van der Waals surface area contributed by atoms with Crippen molar-refractivity contribution in [1.82, 2.24) is 0 Å². The lowest BCUT2D eigenvalue weighted by molar-refractivity contribution is -0.122. The minimum absolute atomic E-state index is 0.190. The Hall–Kier alpha value is -1.84. The van der Waals surface area contributed by atoms with Crippen LogP contribution in [0.5, 0.6) is 0 Å². The molecule has 1 rings (SSSR count). The lowest BCUT2D eigenvalue weighted by atomic mass is 10.1. The van der Waals surface area contributed by atoms with E-state index in [0.717, 1.165) is 5.56 Å². The molecule has 0 radical (unpaired) electrons. The SMILES string of the molecule is C/C(=N\OCC(N)=O)c1ccccc1. The topological polar surface area (TPSA) is 64.7 Å². The molecule has 0 saturated carbocycles. The van der Waals surface area contributed by atoms with Crippen molar-refractivity contribution in [3.63, 3.8) is 0 Å². The van der Waals surface area contributed by atoms with Gasteiger partial charge in [-0.2, -0.15) is 0 Å². The first-order valence-electron chi connectivity index (χ1n) is 4.20. The van der Waals surface area contributed by atoms with Gasteiger partial charge < -0.3 is 10.6 Å². The Morgan fingerprint density at radius 1 is 1.43 bits per heavy atom. The molecule has 4 heteroatoms. The van der Waals surface area contributed by atoms with Crippen LogP contribution in [0.2, 0.25) is 0 Å². The van der Waals surface area contributed by atoms with E-state index in [1.165, 1.54) is 0 Å². The van der Waals surface area contributed by atoms with Gasteiger partial charge in [0.05, 0.1) is 5.71 Å². The molecule has 0 saturated heterocycles. The molecule has 0 fully saturated rings. The first-order valence-corrected chi connectivity index (χ1v) is 4.20. The van der Waals surface area contributed by atoms with Gasteiger partial charge in [-0.15, -0.1) is 0 Å². The Morgan fingerprint density at radius 2 is 2.07 bits per heavy atom. The number of carbonyl (C=O) groups excluding carboxylic acids is 1. The first kappa shape index (κ1) is 10.2. The number of oxime groups is 1. The molecule has 14 heavy (non-hydrogen) atoms. The Morgan fingerprint density at radius 3 is 2.64 bits per heavy atom. The molecule has 1 aromatic carbocycles. The molecule has 74 valence electrons. The van der Waals surface area contributed by atoms with Gasteiger partial charge in [-0.25, -0.2) is 0 Å². The van der Waals surface area contributed by atoms with Crippen molar-refractivity contribution in [3.8, 4) is 0 Å². The summed E-state index contributed by atoms with van der Waals surface area (Å²) in [4.78, 5) is 15.1. The molecule has 0 atom stereocenters. The largest absolute Gasteiger partial charge is 0.385 e. The molecule has 0 aliphatic rings. The van der Waals surface area contributed by atoms with E-state index in [2.05, 4.69) is 5.16 Å². The molecule has 0 heterocycles. The van der Waals surface area contributed by atoms with Gasteiger partial charge in [0.1, 0.15) is 0 Å². The number of rotatable bonds is 4. The van der Waals surface area contributed by atoms with Crippen molar-refractivity contribution >= 4 is 11.6 Å². The summed E-state index contributed by atoms with van der Waals surface area (Å²) in [5.74, 6) is -0.533. The average molecular weight is 192 g/mol. The number of hydrogen-bond donors (Lipinski definition) is 1. The second-order valence-electron chi connectivity index (χ2n) is 2.78. The zero-order valence-corrected chi connectivity index (χ0v) is 7.93. The summed E-state index contributed by atoms with van der Waals surface area (Å²) in [6.07, 6.45) is 0. The number of hydrogen-bond acceptors (Lipinski definition) is 3. The van der Waals surface area contributed by atoms with Gasteiger partial charge in [-0.05, 0) is 12.5 Å². The van der Waals surface area contributed by atoms with Gasteiger partial charge in [0.25, 0.3) is 5.91 Å². The van der Waals surface area contributed by atoms with Crippen LogP contribution in [0.25, 0.3) is 0 Å². The highest BCUT2D eigenvalue weighted by Crippen LogP contribution is 2.00. The highest BCUT2D eigenvalue weighted by Gasteiger charge is 1.97. The van der Waals surface area contributed by atoms with Crippen molar-refractivity contribution in [3.05, 3.63) is 35.9 Å². The van der Waals surface area contributed by atoms with Crippen LogP contribution in [0.15, 0.2) is 35.5 Å². The normalized spacial score (nSPS) is 11.1. The molecule has 4 nitrogen and oxygen atoms in total. The summed E-state index contributed by atoms with van der Waals surface area (Å²) in [5.41, 5.74) is 6.55. The van der Waals surface area contributed by atoms with Crippen molar-refractivity contribution in [2.24, 2.45) is 10.9 Å². The van der Waals surface area contributed by atoms with Gasteiger partial charge in [0.2, 0.25) is 0 Å². The predicted octanol–water partition coefficient (Wildman–Crippen LogP) is 0.912. The van der Waals surface area contributed by atoms with Crippen LogP contribution < -0.4 is 5.73 Å². The summed E-state index contributed by atoms with van der Waals surface area (Å²) in [6, 6.07) is 9.55. The van der Waals surface area contributed by atoms with Crippen LogP contribution in [-0.4, -0.2) is 18.2 Å². The summed E-state index contributed by atoms with van der Waals surface area (Å²) in [5, 5.41) is 3.75. The molecule has 0 aliphatic heterocycles. The van der Waals surface area contributed by atoms with Crippen LogP contribution in [0.1, 0.15) is 12.5 Å². The van der Waals surface area contributed by atoms with Crippen molar-refractivity contribution < 1.29 is 9.63 Å². The predicted molar refractivity (Wildman–Crippen MR) is 53.8 cm³/mol. The summed E-state index contributed by atoms with van der Waals surface area (Å²) < 4.78 is 0. The lowest BCUT2D eigenvalue weighted by Gasteiger charge is -1.99. The number of nitrogens with zero attached hydrogens (tertiary/aromatic N) is 1. The number of nitrogens with two attached hydrogens (primary N) is 1. The minimum atomic E-state index is -0.533. The summed E-state index contributed by atoms with van der Waals surface area (Å²) >= 11 is 0. The highest BCUT2D eigenvalue weighted by molar-refractivity contribution is 5.98. The molecule has 0 unspecified atom stereocenters. The quantitative estimate of drug-likeness (QED) is 0.569. The lowest BCUT2D eigenvalue weighted by Crippen LogP contribution is -2.16. The maximum atomic E-state index is 10.3. The Balaban J connectivity index is 2.57. The number of primary amides is 1. The first-order chi connectivity index (χ1) is 6.70. The molecule has 0 aromatic heterocycles. The van der Waals surface area contributed by atoms with Crippen LogP contribution in [0, 0.1) is 0 Å². The third-order valence-electron chi connectivity index (χ3n) is 1.60. The monoisotopic (exact) mass is 192 g/mol. The van der Waals surface area contributed by atoms with Gasteiger partial charge in [0, 0.05) is 0 Å². The van der Waals surface area contributed by atoms with E-state index in [-0.39, 0.29) is 6.61 Å². The fraction of sp³-hybridized carbons (Fsp3) is 0.200. The van der Waals surface area contributed by atoms with Gasteiger partial charge in [-0.3, -0.25) is 4.79 Å². The minimum Gasteiger partial charge on any atom is -0.385 e. The van der Waals surface area contributed by atoms with Gasteiger partial charge >= 0.3 is 0 Å². The van der Waals surface area contributed by atoms with Gasteiger partial charge in [-0.1, -0.05) is 35.5 Å². The van der Waals surface area contributed by atoms with Crippen molar-refractivity contribution in [2.45, 2.75) is 6.92 Å². The maximum Gasteiger partial charge on any atom is 0.258 e. The summed E-state index contributed by atoms with van der Waals surface area (Å²) in [6.45, 7) is 1.61. The summed E-state index contributed by atoms with van der Waals surface area (Å²) in [7, 11) is 0. The second-order valence-corrected chi connectivity index (χ2v) is 2.78. The number of benzene rings is 1. The highest BCUT2D eigenvalue weighted by atomic mass is 16.6. The van der Waals surface area contributed by atoms with Crippen LogP contribution in [0.4, 0.5) is 0 Å². The molecule has 0 bridgehead atoms. The third kappa shape index (κ3) is 3.26. The molecule has 0 spiro atoms. The average Bonchev–Trinajstić information content (AvgIpc) is 2.18. The van der Waals surface area contributed by atoms with E-state index in [4.69, 9.17) is 10.6 Å². The fourth-order valence-electron chi connectivity index (χ4n) is 0.925. The van der Waals surface area contributed by atoms with Crippen LogP contribution >= 0.6 is 0 Å². The number of carbonyl (C=O) groups is 1. The third-order valence-corrected chi connectivity index (χ3v) is 1.60. The van der Waals surface area contributed by atoms with E-state index in [1.807, 2.05) is 30.3 Å². The van der Waals surface area contributed by atoms with E-state index in [9.17, 15) is 4.79 Å². The maximum absolute atomic E-state index is 10.3. The molecule has 1 amide bonds. The molecule has 1 aromatic rings. The van der Waals surface area contributed by atoms with Gasteiger partial charge in [0.15, 0.2) is 6.61 Å². The van der Waals surface area contributed by atoms with Crippen molar-refractivity contribution in [2.75, 3.05) is 6.61 Å².